The van der Waals surface area contributed by atoms with Crippen LogP contribution < -0.4 is 11.1 Å². The van der Waals surface area contributed by atoms with E-state index in [2.05, 4.69) is 12.2 Å². The van der Waals surface area contributed by atoms with Gasteiger partial charge in [-0.15, -0.1) is 0 Å². The summed E-state index contributed by atoms with van der Waals surface area (Å²) in [6.45, 7) is 3.72. The molecule has 0 heterocycles. The van der Waals surface area contributed by atoms with E-state index in [1.807, 2.05) is 0 Å². The molecule has 2 rings (SSSR count). The first-order valence-electron chi connectivity index (χ1n) is 7.25. The van der Waals surface area contributed by atoms with E-state index in [-0.39, 0.29) is 0 Å². The van der Waals surface area contributed by atoms with Gasteiger partial charge in [-0.05, 0) is 43.6 Å². The minimum Gasteiger partial charge on any atom is -0.356 e. The van der Waals surface area contributed by atoms with Gasteiger partial charge < -0.3 is 11.1 Å². The summed E-state index contributed by atoms with van der Waals surface area (Å²) in [5.74, 6) is 2.67. The van der Waals surface area contributed by atoms with Crippen LogP contribution in [0.1, 0.15) is 45.4 Å². The van der Waals surface area contributed by atoms with Crippen LogP contribution in [-0.4, -0.2) is 19.0 Å². The van der Waals surface area contributed by atoms with E-state index in [9.17, 15) is 4.79 Å². The molecule has 3 heteroatoms. The van der Waals surface area contributed by atoms with Crippen molar-refractivity contribution in [1.29, 1.82) is 0 Å². The van der Waals surface area contributed by atoms with Crippen molar-refractivity contribution in [3.05, 3.63) is 0 Å². The molecule has 0 saturated heterocycles. The van der Waals surface area contributed by atoms with Crippen LogP contribution in [0.2, 0.25) is 0 Å². The van der Waals surface area contributed by atoms with Crippen LogP contribution in [0.15, 0.2) is 0 Å². The van der Waals surface area contributed by atoms with E-state index in [0.717, 1.165) is 37.8 Å². The van der Waals surface area contributed by atoms with E-state index < -0.39 is 0 Å². The number of hydrogen-bond acceptors (Lipinski definition) is 2. The number of nitrogens with two attached hydrogens (primary N) is 1. The SMILES string of the molecule is CCC(CCN)CNC(=O)C1C2CCCCC21. The summed E-state index contributed by atoms with van der Waals surface area (Å²) in [6.07, 6.45) is 7.35. The molecule has 98 valence electrons. The Morgan fingerprint density at radius 2 is 2.00 bits per heavy atom. The molecular formula is C14H26N2O. The zero-order valence-electron chi connectivity index (χ0n) is 11.0. The highest BCUT2D eigenvalue weighted by molar-refractivity contribution is 5.82. The Balaban J connectivity index is 1.71. The molecular weight excluding hydrogens is 212 g/mol. The molecule has 0 spiro atoms. The molecule has 2 aliphatic rings. The highest BCUT2D eigenvalue weighted by Crippen LogP contribution is 2.55. The third-order valence-electron chi connectivity index (χ3n) is 4.68. The number of hydrogen-bond donors (Lipinski definition) is 2. The zero-order valence-corrected chi connectivity index (χ0v) is 11.0. The Morgan fingerprint density at radius 3 is 2.53 bits per heavy atom. The van der Waals surface area contributed by atoms with Gasteiger partial charge in [0, 0.05) is 12.5 Å². The molecule has 0 aromatic carbocycles. The molecule has 0 aliphatic heterocycles. The average molecular weight is 238 g/mol. The molecule has 3 unspecified atom stereocenters. The molecule has 2 saturated carbocycles. The minimum atomic E-state index is 0.317. The molecule has 0 radical (unpaired) electrons. The van der Waals surface area contributed by atoms with Crippen molar-refractivity contribution in [3.8, 4) is 0 Å². The van der Waals surface area contributed by atoms with Crippen LogP contribution in [0.5, 0.6) is 0 Å². The molecule has 17 heavy (non-hydrogen) atoms. The Labute approximate surface area is 105 Å². The predicted molar refractivity (Wildman–Crippen MR) is 69.4 cm³/mol. The van der Waals surface area contributed by atoms with E-state index in [0.29, 0.717) is 17.7 Å². The van der Waals surface area contributed by atoms with E-state index in [1.54, 1.807) is 0 Å². The Hall–Kier alpha value is -0.570. The van der Waals surface area contributed by atoms with Gasteiger partial charge in [0.05, 0.1) is 0 Å². The second kappa shape index (κ2) is 5.85. The van der Waals surface area contributed by atoms with Crippen LogP contribution >= 0.6 is 0 Å². The molecule has 0 aromatic heterocycles. The quantitative estimate of drug-likeness (QED) is 0.742. The second-order valence-corrected chi connectivity index (χ2v) is 5.73. The second-order valence-electron chi connectivity index (χ2n) is 5.73. The molecule has 3 atom stereocenters. The predicted octanol–water partition coefficient (Wildman–Crippen LogP) is 1.91. The third-order valence-corrected chi connectivity index (χ3v) is 4.68. The van der Waals surface area contributed by atoms with Crippen LogP contribution in [0.4, 0.5) is 0 Å². The molecule has 3 nitrogen and oxygen atoms in total. The number of carbonyl (C=O) groups is 1. The van der Waals surface area contributed by atoms with Crippen LogP contribution in [0.3, 0.4) is 0 Å². The first-order chi connectivity index (χ1) is 8.27. The smallest absolute Gasteiger partial charge is 0.223 e. The molecule has 0 aromatic rings. The van der Waals surface area contributed by atoms with Gasteiger partial charge in [0.15, 0.2) is 0 Å². The first kappa shape index (κ1) is 12.9. The Morgan fingerprint density at radius 1 is 1.35 bits per heavy atom. The van der Waals surface area contributed by atoms with E-state index >= 15 is 0 Å². The van der Waals surface area contributed by atoms with Gasteiger partial charge in [-0.25, -0.2) is 0 Å². The fraction of sp³-hybridized carbons (Fsp3) is 0.929. The maximum atomic E-state index is 12.1. The lowest BCUT2D eigenvalue weighted by molar-refractivity contribution is -0.123. The van der Waals surface area contributed by atoms with Crippen LogP contribution in [-0.2, 0) is 4.79 Å². The maximum absolute atomic E-state index is 12.1. The number of fused-ring (bicyclic) bond motifs is 1. The lowest BCUT2D eigenvalue weighted by Gasteiger charge is -2.14. The molecule has 2 aliphatic carbocycles. The fourth-order valence-electron chi connectivity index (χ4n) is 3.43. The minimum absolute atomic E-state index is 0.317. The fourth-order valence-corrected chi connectivity index (χ4v) is 3.43. The standard InChI is InChI=1S/C14H26N2O/c1-2-10(7-8-15)9-16-14(17)13-11-5-3-4-6-12(11)13/h10-13H,2-9,15H2,1H3,(H,16,17). The summed E-state index contributed by atoms with van der Waals surface area (Å²) in [6, 6.07) is 0. The number of nitrogens with one attached hydrogen (secondary N) is 1. The largest absolute Gasteiger partial charge is 0.356 e. The maximum Gasteiger partial charge on any atom is 0.223 e. The Kier molecular flexibility index (Phi) is 4.43. The summed E-state index contributed by atoms with van der Waals surface area (Å²) in [5, 5.41) is 3.14. The summed E-state index contributed by atoms with van der Waals surface area (Å²) in [7, 11) is 0. The first-order valence-corrected chi connectivity index (χ1v) is 7.25. The monoisotopic (exact) mass is 238 g/mol. The normalized spacial score (nSPS) is 32.7. The molecule has 1 amide bonds. The zero-order chi connectivity index (χ0) is 12.3. The molecule has 2 fully saturated rings. The Bertz CT molecular complexity index is 255. The van der Waals surface area contributed by atoms with Crippen molar-refractivity contribution in [2.45, 2.75) is 45.4 Å². The van der Waals surface area contributed by atoms with Gasteiger partial charge >= 0.3 is 0 Å². The lowest BCUT2D eigenvalue weighted by Crippen LogP contribution is -2.31. The number of rotatable bonds is 6. The summed E-state index contributed by atoms with van der Waals surface area (Å²) in [5.41, 5.74) is 5.57. The van der Waals surface area contributed by atoms with Crippen molar-refractivity contribution in [2.24, 2.45) is 29.4 Å². The average Bonchev–Trinajstić information content (AvgIpc) is 3.08. The van der Waals surface area contributed by atoms with Crippen molar-refractivity contribution in [3.63, 3.8) is 0 Å². The van der Waals surface area contributed by atoms with Gasteiger partial charge in [-0.2, -0.15) is 0 Å². The third kappa shape index (κ3) is 3.01. The summed E-state index contributed by atoms with van der Waals surface area (Å²) >= 11 is 0. The number of carbonyl (C=O) groups excluding carboxylic acids is 1. The molecule has 3 N–H and O–H groups in total. The summed E-state index contributed by atoms with van der Waals surface area (Å²) in [4.78, 5) is 12.1. The van der Waals surface area contributed by atoms with Gasteiger partial charge in [-0.1, -0.05) is 26.2 Å². The van der Waals surface area contributed by atoms with E-state index in [4.69, 9.17) is 5.73 Å². The van der Waals surface area contributed by atoms with Crippen molar-refractivity contribution >= 4 is 5.91 Å². The highest BCUT2D eigenvalue weighted by Gasteiger charge is 2.54. The highest BCUT2D eigenvalue weighted by atomic mass is 16.2. The van der Waals surface area contributed by atoms with Gasteiger partial charge in [0.2, 0.25) is 5.91 Å². The lowest BCUT2D eigenvalue weighted by atomic mass is 10.0. The van der Waals surface area contributed by atoms with Gasteiger partial charge in [-0.3, -0.25) is 4.79 Å². The topological polar surface area (TPSA) is 55.1 Å². The van der Waals surface area contributed by atoms with Crippen LogP contribution in [0.25, 0.3) is 0 Å². The van der Waals surface area contributed by atoms with Gasteiger partial charge in [0.1, 0.15) is 0 Å². The van der Waals surface area contributed by atoms with Crippen LogP contribution in [0, 0.1) is 23.7 Å². The van der Waals surface area contributed by atoms with E-state index in [1.165, 1.54) is 25.7 Å². The van der Waals surface area contributed by atoms with Gasteiger partial charge in [0.25, 0.3) is 0 Å². The van der Waals surface area contributed by atoms with Crippen molar-refractivity contribution < 1.29 is 4.79 Å². The summed E-state index contributed by atoms with van der Waals surface area (Å²) < 4.78 is 0. The van der Waals surface area contributed by atoms with Crippen molar-refractivity contribution in [2.75, 3.05) is 13.1 Å². The number of amides is 1. The molecule has 0 bridgehead atoms. The van der Waals surface area contributed by atoms with Crippen molar-refractivity contribution in [1.82, 2.24) is 5.32 Å².